The Bertz CT molecular complexity index is 278. The molecule has 2 N–H and O–H groups in total. The average Bonchev–Trinajstić information content (AvgIpc) is 2.16. The van der Waals surface area contributed by atoms with Crippen LogP contribution in [0.5, 0.6) is 0 Å². The van der Waals surface area contributed by atoms with Crippen LogP contribution < -0.4 is 0 Å². The van der Waals surface area contributed by atoms with Crippen LogP contribution in [0.4, 0.5) is 0 Å². The van der Waals surface area contributed by atoms with Crippen LogP contribution in [-0.4, -0.2) is 46.3 Å². The normalized spacial score (nSPS) is 28.4. The second-order valence-electron chi connectivity index (χ2n) is 5.21. The molecule has 4 heteroatoms. The molecule has 0 aromatic rings. The van der Waals surface area contributed by atoms with Crippen molar-refractivity contribution in [3.63, 3.8) is 0 Å². The lowest BCUT2D eigenvalue weighted by atomic mass is 9.56. The Morgan fingerprint density at radius 3 is 2.12 bits per heavy atom. The number of aliphatic carboxylic acids is 1. The number of likely N-dealkylation sites (tertiary alicyclic amines) is 1. The summed E-state index contributed by atoms with van der Waals surface area (Å²) in [6.07, 6.45) is 3.43. The lowest BCUT2D eigenvalue weighted by Gasteiger charge is -2.53. The number of aliphatic hydroxyl groups is 1. The topological polar surface area (TPSA) is 60.8 Å². The lowest BCUT2D eigenvalue weighted by molar-refractivity contribution is -0.193. The molecule has 2 fully saturated rings. The Morgan fingerprint density at radius 2 is 1.81 bits per heavy atom. The van der Waals surface area contributed by atoms with Gasteiger partial charge in [0.05, 0.1) is 11.0 Å². The van der Waals surface area contributed by atoms with Gasteiger partial charge in [0.15, 0.2) is 0 Å². The van der Waals surface area contributed by atoms with Crippen molar-refractivity contribution in [1.29, 1.82) is 0 Å². The van der Waals surface area contributed by atoms with E-state index in [1.54, 1.807) is 0 Å². The van der Waals surface area contributed by atoms with E-state index in [0.717, 1.165) is 26.1 Å². The number of carbonyl (C=O) groups is 1. The standard InChI is InChI=1S/C12H21NO3/c1-2-13-8-6-12(16,7-9-13)11(10(14)15)4-3-5-11/h16H,2-9H2,1H3,(H,14,15). The van der Waals surface area contributed by atoms with Gasteiger partial charge in [0.2, 0.25) is 0 Å². The van der Waals surface area contributed by atoms with Crippen molar-refractivity contribution >= 4 is 5.97 Å². The molecule has 0 amide bonds. The number of carboxylic acids is 1. The minimum absolute atomic E-state index is 0.604. The highest BCUT2D eigenvalue weighted by Gasteiger charge is 2.59. The zero-order chi connectivity index (χ0) is 11.8. The Kier molecular flexibility index (Phi) is 2.97. The maximum Gasteiger partial charge on any atom is 0.312 e. The first kappa shape index (κ1) is 11.9. The third-order valence-corrected chi connectivity index (χ3v) is 4.64. The molecule has 0 aromatic carbocycles. The Hall–Kier alpha value is -0.610. The lowest BCUT2D eigenvalue weighted by Crippen LogP contribution is -2.61. The maximum absolute atomic E-state index is 11.4. The first-order chi connectivity index (χ1) is 7.54. The summed E-state index contributed by atoms with van der Waals surface area (Å²) in [5, 5.41) is 20.0. The van der Waals surface area contributed by atoms with Crippen LogP contribution in [0.1, 0.15) is 39.0 Å². The molecule has 0 spiro atoms. The van der Waals surface area contributed by atoms with E-state index in [9.17, 15) is 15.0 Å². The van der Waals surface area contributed by atoms with Crippen LogP contribution in [0.2, 0.25) is 0 Å². The molecule has 16 heavy (non-hydrogen) atoms. The van der Waals surface area contributed by atoms with Gasteiger partial charge in [0.1, 0.15) is 0 Å². The molecular weight excluding hydrogens is 206 g/mol. The van der Waals surface area contributed by atoms with Crippen LogP contribution in [0.3, 0.4) is 0 Å². The summed E-state index contributed by atoms with van der Waals surface area (Å²) in [4.78, 5) is 13.7. The number of piperidine rings is 1. The van der Waals surface area contributed by atoms with E-state index in [0.29, 0.717) is 25.7 Å². The third kappa shape index (κ3) is 1.55. The fourth-order valence-corrected chi connectivity index (χ4v) is 3.13. The van der Waals surface area contributed by atoms with Gasteiger partial charge in [-0.2, -0.15) is 0 Å². The zero-order valence-corrected chi connectivity index (χ0v) is 9.91. The van der Waals surface area contributed by atoms with Crippen molar-refractivity contribution in [2.75, 3.05) is 19.6 Å². The van der Waals surface area contributed by atoms with E-state index >= 15 is 0 Å². The molecule has 1 saturated heterocycles. The SMILES string of the molecule is CCN1CCC(O)(C2(C(=O)O)CCC2)CC1. The smallest absolute Gasteiger partial charge is 0.312 e. The van der Waals surface area contributed by atoms with Crippen LogP contribution in [0, 0.1) is 5.41 Å². The Balaban J connectivity index is 2.11. The monoisotopic (exact) mass is 227 g/mol. The molecular formula is C12H21NO3. The second-order valence-corrected chi connectivity index (χ2v) is 5.21. The minimum atomic E-state index is -0.969. The van der Waals surface area contributed by atoms with E-state index < -0.39 is 17.0 Å². The largest absolute Gasteiger partial charge is 0.481 e. The fourth-order valence-electron chi connectivity index (χ4n) is 3.13. The van der Waals surface area contributed by atoms with E-state index in [1.807, 2.05) is 0 Å². The molecule has 1 aliphatic carbocycles. The fraction of sp³-hybridized carbons (Fsp3) is 0.917. The number of carboxylic acid groups (broad SMARTS) is 1. The van der Waals surface area contributed by atoms with Gasteiger partial charge in [0.25, 0.3) is 0 Å². The van der Waals surface area contributed by atoms with E-state index in [-0.39, 0.29) is 0 Å². The molecule has 4 nitrogen and oxygen atoms in total. The zero-order valence-electron chi connectivity index (χ0n) is 9.91. The van der Waals surface area contributed by atoms with Gasteiger partial charge in [0, 0.05) is 13.1 Å². The van der Waals surface area contributed by atoms with Crippen LogP contribution in [0.15, 0.2) is 0 Å². The molecule has 92 valence electrons. The summed E-state index contributed by atoms with van der Waals surface area (Å²) in [5.41, 5.74) is -1.81. The van der Waals surface area contributed by atoms with Crippen LogP contribution >= 0.6 is 0 Å². The molecule has 1 heterocycles. The first-order valence-corrected chi connectivity index (χ1v) is 6.22. The third-order valence-electron chi connectivity index (χ3n) is 4.64. The van der Waals surface area contributed by atoms with Gasteiger partial charge >= 0.3 is 5.97 Å². The van der Waals surface area contributed by atoms with E-state index in [4.69, 9.17) is 0 Å². The summed E-state index contributed by atoms with van der Waals surface area (Å²) < 4.78 is 0. The minimum Gasteiger partial charge on any atom is -0.481 e. The highest BCUT2D eigenvalue weighted by Crippen LogP contribution is 2.53. The summed E-state index contributed by atoms with van der Waals surface area (Å²) in [6.45, 7) is 4.72. The predicted octanol–water partition coefficient (Wildman–Crippen LogP) is 1.09. The molecule has 2 rings (SSSR count). The van der Waals surface area contributed by atoms with E-state index in [1.165, 1.54) is 0 Å². The van der Waals surface area contributed by atoms with Crippen molar-refractivity contribution in [1.82, 2.24) is 4.90 Å². The van der Waals surface area contributed by atoms with Crippen molar-refractivity contribution in [2.45, 2.75) is 44.6 Å². The Labute approximate surface area is 96.3 Å². The first-order valence-electron chi connectivity index (χ1n) is 6.22. The maximum atomic E-state index is 11.4. The number of nitrogens with zero attached hydrogens (tertiary/aromatic N) is 1. The molecule has 0 unspecified atom stereocenters. The molecule has 2 aliphatic rings. The summed E-state index contributed by atoms with van der Waals surface area (Å²) >= 11 is 0. The Morgan fingerprint density at radius 1 is 1.25 bits per heavy atom. The molecule has 0 bridgehead atoms. The molecule has 1 aliphatic heterocycles. The van der Waals surface area contributed by atoms with Crippen molar-refractivity contribution in [2.24, 2.45) is 5.41 Å². The van der Waals surface area contributed by atoms with Gasteiger partial charge in [-0.1, -0.05) is 13.3 Å². The van der Waals surface area contributed by atoms with Gasteiger partial charge in [-0.3, -0.25) is 4.79 Å². The molecule has 0 atom stereocenters. The number of rotatable bonds is 3. The van der Waals surface area contributed by atoms with Crippen molar-refractivity contribution < 1.29 is 15.0 Å². The summed E-state index contributed by atoms with van der Waals surface area (Å²) in [5.74, 6) is -0.800. The van der Waals surface area contributed by atoms with Gasteiger partial charge in [-0.15, -0.1) is 0 Å². The van der Waals surface area contributed by atoms with Crippen molar-refractivity contribution in [3.05, 3.63) is 0 Å². The molecule has 0 aromatic heterocycles. The predicted molar refractivity (Wildman–Crippen MR) is 60.2 cm³/mol. The second kappa shape index (κ2) is 4.00. The van der Waals surface area contributed by atoms with Gasteiger partial charge in [-0.25, -0.2) is 0 Å². The number of hydrogen-bond donors (Lipinski definition) is 2. The van der Waals surface area contributed by atoms with Gasteiger partial charge < -0.3 is 15.1 Å². The van der Waals surface area contributed by atoms with Crippen LogP contribution in [-0.2, 0) is 4.79 Å². The highest BCUT2D eigenvalue weighted by molar-refractivity contribution is 5.77. The van der Waals surface area contributed by atoms with Crippen LogP contribution in [0.25, 0.3) is 0 Å². The average molecular weight is 227 g/mol. The highest BCUT2D eigenvalue weighted by atomic mass is 16.4. The molecule has 1 saturated carbocycles. The van der Waals surface area contributed by atoms with Gasteiger partial charge in [-0.05, 0) is 32.2 Å². The molecule has 0 radical (unpaired) electrons. The summed E-state index contributed by atoms with van der Waals surface area (Å²) in [6, 6.07) is 0. The summed E-state index contributed by atoms with van der Waals surface area (Å²) in [7, 11) is 0. The van der Waals surface area contributed by atoms with E-state index in [2.05, 4.69) is 11.8 Å². The number of hydrogen-bond acceptors (Lipinski definition) is 3. The quantitative estimate of drug-likeness (QED) is 0.757. The van der Waals surface area contributed by atoms with Crippen molar-refractivity contribution in [3.8, 4) is 0 Å².